The number of benzene rings is 6. The van der Waals surface area contributed by atoms with E-state index in [2.05, 4.69) is 56.8 Å². The smallest absolute Gasteiger partial charge is 0.341 e. The molecule has 0 radical (unpaired) electrons. The topological polar surface area (TPSA) is 50.9 Å². The number of alkyl halides is 6. The van der Waals surface area contributed by atoms with E-state index in [1.165, 1.54) is 35.4 Å². The highest BCUT2D eigenvalue weighted by molar-refractivity contribution is 5.74. The Kier molecular flexibility index (Phi) is 15.2. The van der Waals surface area contributed by atoms with Gasteiger partial charge in [0.25, 0.3) is 0 Å². The highest BCUT2D eigenvalue weighted by Crippen LogP contribution is 2.38. The van der Waals surface area contributed by atoms with Gasteiger partial charge in [-0.15, -0.1) is 0 Å². The number of carbonyl (C=O) groups is 1. The minimum atomic E-state index is -4.40. The molecule has 0 bridgehead atoms. The normalized spacial score (nSPS) is 17.3. The highest BCUT2D eigenvalue weighted by Gasteiger charge is 2.35. The van der Waals surface area contributed by atoms with Gasteiger partial charge in [0.2, 0.25) is 0 Å². The highest BCUT2D eigenvalue weighted by atomic mass is 19.4. The van der Waals surface area contributed by atoms with E-state index in [1.54, 1.807) is 43.4 Å². The standard InChI is InChI=1S/C27H28F3N3O.C25H25F3N2/c1-31-26(34)33-16-15-32(19-23(33)17-20-7-3-2-4-8-20)18-21-11-13-22(14-12-21)24-9-5-6-10-25(24)27(28,29)30;26-25(27,28)24-9-5-4-8-23(24)21-12-10-20(11-13-21)17-30-15-14-29-22(18-30)16-19-6-2-1-3-7-19/h2-14,23H,15-19H2,1H3,(H,31,34);1-13,22,29H,14-18H2. The first-order valence-corrected chi connectivity index (χ1v) is 21.6. The van der Waals surface area contributed by atoms with Crippen LogP contribution in [-0.4, -0.2) is 79.1 Å². The van der Waals surface area contributed by atoms with E-state index in [1.807, 2.05) is 53.4 Å². The molecule has 0 aliphatic carbocycles. The number of urea groups is 1. The molecule has 2 amide bonds. The van der Waals surface area contributed by atoms with Crippen LogP contribution in [0.1, 0.15) is 33.4 Å². The molecule has 2 unspecified atom stereocenters. The fraction of sp³-hybridized carbons (Fsp3) is 0.288. The molecule has 2 N–H and O–H groups in total. The lowest BCUT2D eigenvalue weighted by Gasteiger charge is -2.41. The van der Waals surface area contributed by atoms with Gasteiger partial charge in [0.15, 0.2) is 0 Å². The van der Waals surface area contributed by atoms with Gasteiger partial charge in [-0.05, 0) is 69.5 Å². The summed E-state index contributed by atoms with van der Waals surface area (Å²) in [5.41, 5.74) is 4.96. The first-order valence-electron chi connectivity index (χ1n) is 21.6. The molecule has 6 aromatic rings. The van der Waals surface area contributed by atoms with Crippen molar-refractivity contribution in [3.8, 4) is 22.3 Å². The maximum absolute atomic E-state index is 13.4. The maximum Gasteiger partial charge on any atom is 0.417 e. The molecule has 0 spiro atoms. The molecule has 2 aliphatic rings. The molecule has 2 fully saturated rings. The minimum absolute atomic E-state index is 0.0361. The molecule has 12 heteroatoms. The Morgan fingerprint density at radius 3 is 1.48 bits per heavy atom. The lowest BCUT2D eigenvalue weighted by molar-refractivity contribution is -0.137. The molecular weight excluding hydrogens is 825 g/mol. The van der Waals surface area contributed by atoms with Crippen molar-refractivity contribution in [2.75, 3.05) is 46.3 Å². The molecular formula is C52H53F6N5O. The molecule has 2 saturated heterocycles. The Hall–Kier alpha value is -5.95. The summed E-state index contributed by atoms with van der Waals surface area (Å²) in [6.07, 6.45) is -7.00. The molecule has 2 aliphatic heterocycles. The summed E-state index contributed by atoms with van der Waals surface area (Å²) in [5.74, 6) is 0. The summed E-state index contributed by atoms with van der Waals surface area (Å²) in [4.78, 5) is 19.0. The number of nitrogens with zero attached hydrogens (tertiary/aromatic N) is 3. The van der Waals surface area contributed by atoms with Gasteiger partial charge in [0.05, 0.1) is 17.2 Å². The van der Waals surface area contributed by atoms with Crippen LogP contribution in [-0.2, 0) is 38.3 Å². The van der Waals surface area contributed by atoms with Crippen LogP contribution in [0.5, 0.6) is 0 Å². The minimum Gasteiger partial charge on any atom is -0.341 e. The third-order valence-corrected chi connectivity index (χ3v) is 11.8. The summed E-state index contributed by atoms with van der Waals surface area (Å²) in [7, 11) is 1.65. The number of nitrogens with one attached hydrogen (secondary N) is 2. The summed E-state index contributed by atoms with van der Waals surface area (Å²) in [5, 5.41) is 6.33. The molecule has 0 saturated carbocycles. The van der Waals surface area contributed by atoms with Crippen LogP contribution in [0.4, 0.5) is 31.1 Å². The van der Waals surface area contributed by atoms with Gasteiger partial charge in [0, 0.05) is 65.4 Å². The van der Waals surface area contributed by atoms with Gasteiger partial charge in [-0.25, -0.2) is 4.79 Å². The van der Waals surface area contributed by atoms with E-state index in [0.29, 0.717) is 30.3 Å². The van der Waals surface area contributed by atoms with Crippen molar-refractivity contribution in [2.24, 2.45) is 0 Å². The van der Waals surface area contributed by atoms with Crippen LogP contribution in [0, 0.1) is 0 Å². The number of piperazine rings is 2. The van der Waals surface area contributed by atoms with Gasteiger partial charge >= 0.3 is 18.4 Å². The van der Waals surface area contributed by atoms with Crippen LogP contribution in [0.2, 0.25) is 0 Å². The van der Waals surface area contributed by atoms with Crippen molar-refractivity contribution in [3.05, 3.63) is 191 Å². The SMILES string of the molecule is CNC(=O)N1CCN(Cc2ccc(-c3ccccc3C(F)(F)F)cc2)CC1Cc1ccccc1.FC(F)(F)c1ccccc1-c1ccc(CN2CCNC(Cc3ccccc3)C2)cc1. The Bertz CT molecular complexity index is 2390. The Morgan fingerprint density at radius 1 is 0.547 bits per heavy atom. The second-order valence-corrected chi connectivity index (χ2v) is 16.4. The van der Waals surface area contributed by atoms with E-state index in [0.717, 1.165) is 75.4 Å². The molecule has 8 rings (SSSR count). The Morgan fingerprint density at radius 2 is 1.00 bits per heavy atom. The molecule has 0 aromatic heterocycles. The molecule has 2 atom stereocenters. The lowest BCUT2D eigenvalue weighted by Crippen LogP contribution is -2.57. The fourth-order valence-corrected chi connectivity index (χ4v) is 8.67. The van der Waals surface area contributed by atoms with Crippen molar-refractivity contribution in [2.45, 2.75) is 50.4 Å². The zero-order valence-electron chi connectivity index (χ0n) is 35.8. The number of amides is 2. The zero-order valence-corrected chi connectivity index (χ0v) is 35.8. The maximum atomic E-state index is 13.4. The predicted molar refractivity (Wildman–Crippen MR) is 241 cm³/mol. The van der Waals surface area contributed by atoms with Gasteiger partial charge in [0.1, 0.15) is 0 Å². The number of carbonyl (C=O) groups excluding carboxylic acids is 1. The fourth-order valence-electron chi connectivity index (χ4n) is 8.67. The van der Waals surface area contributed by atoms with Crippen LogP contribution in [0.3, 0.4) is 0 Å². The second kappa shape index (κ2) is 21.2. The van der Waals surface area contributed by atoms with Gasteiger partial charge in [-0.3, -0.25) is 9.80 Å². The van der Waals surface area contributed by atoms with E-state index in [4.69, 9.17) is 0 Å². The van der Waals surface area contributed by atoms with Crippen LogP contribution < -0.4 is 10.6 Å². The number of hydrogen-bond donors (Lipinski definition) is 2. The van der Waals surface area contributed by atoms with Gasteiger partial charge in [-0.1, -0.05) is 146 Å². The van der Waals surface area contributed by atoms with Crippen molar-refractivity contribution in [3.63, 3.8) is 0 Å². The summed E-state index contributed by atoms with van der Waals surface area (Å²) in [6, 6.07) is 47.1. The third kappa shape index (κ3) is 12.4. The van der Waals surface area contributed by atoms with Crippen LogP contribution >= 0.6 is 0 Å². The number of hydrogen-bond acceptors (Lipinski definition) is 4. The average molecular weight is 878 g/mol. The van der Waals surface area contributed by atoms with E-state index >= 15 is 0 Å². The van der Waals surface area contributed by atoms with Gasteiger partial charge < -0.3 is 15.5 Å². The number of rotatable bonds is 10. The lowest BCUT2D eigenvalue weighted by atomic mass is 9.98. The van der Waals surface area contributed by atoms with Crippen LogP contribution in [0.15, 0.2) is 158 Å². The molecule has 334 valence electrons. The van der Waals surface area contributed by atoms with Crippen molar-refractivity contribution in [1.82, 2.24) is 25.3 Å². The van der Waals surface area contributed by atoms with Crippen molar-refractivity contribution in [1.29, 1.82) is 0 Å². The quantitative estimate of drug-likeness (QED) is 0.135. The Labute approximate surface area is 371 Å². The molecule has 6 nitrogen and oxygen atoms in total. The van der Waals surface area contributed by atoms with Crippen molar-refractivity contribution < 1.29 is 31.1 Å². The van der Waals surface area contributed by atoms with E-state index < -0.39 is 23.5 Å². The summed E-state index contributed by atoms with van der Waals surface area (Å²) >= 11 is 0. The molecule has 6 aromatic carbocycles. The van der Waals surface area contributed by atoms with Gasteiger partial charge in [-0.2, -0.15) is 26.3 Å². The molecule has 2 heterocycles. The summed E-state index contributed by atoms with van der Waals surface area (Å²) in [6.45, 7) is 6.40. The number of halogens is 6. The monoisotopic (exact) mass is 877 g/mol. The second-order valence-electron chi connectivity index (χ2n) is 16.4. The predicted octanol–water partition coefficient (Wildman–Crippen LogP) is 10.8. The first kappa shape index (κ1) is 46.1. The molecule has 64 heavy (non-hydrogen) atoms. The van der Waals surface area contributed by atoms with Crippen molar-refractivity contribution >= 4 is 6.03 Å². The average Bonchev–Trinajstić information content (AvgIpc) is 3.30. The van der Waals surface area contributed by atoms with E-state index in [-0.39, 0.29) is 23.2 Å². The zero-order chi connectivity index (χ0) is 45.1. The largest absolute Gasteiger partial charge is 0.417 e. The van der Waals surface area contributed by atoms with Crippen LogP contribution in [0.25, 0.3) is 22.3 Å². The van der Waals surface area contributed by atoms with E-state index in [9.17, 15) is 31.1 Å². The summed E-state index contributed by atoms with van der Waals surface area (Å²) < 4.78 is 80.1. The third-order valence-electron chi connectivity index (χ3n) is 11.8. The Balaban J connectivity index is 0.000000193. The first-order chi connectivity index (χ1) is 30.8.